The lowest BCUT2D eigenvalue weighted by Crippen LogP contribution is -2.38. The van der Waals surface area contributed by atoms with E-state index in [0.717, 1.165) is 12.1 Å². The van der Waals surface area contributed by atoms with E-state index in [1.165, 1.54) is 18.2 Å². The van der Waals surface area contributed by atoms with Gasteiger partial charge in [-0.2, -0.15) is 0 Å². The zero-order valence-corrected chi connectivity index (χ0v) is 15.3. The molecule has 134 valence electrons. The zero-order chi connectivity index (χ0) is 18.2. The summed E-state index contributed by atoms with van der Waals surface area (Å²) in [5, 5.41) is 16.9. The van der Waals surface area contributed by atoms with Crippen LogP contribution in [0.15, 0.2) is 47.5 Å². The maximum Gasteiger partial charge on any atom is 0.192 e. The first-order valence-corrected chi connectivity index (χ1v) is 8.52. The van der Waals surface area contributed by atoms with Crippen molar-refractivity contribution in [3.05, 3.63) is 59.2 Å². The number of nitrogens with zero attached hydrogens (tertiary/aromatic N) is 1. The third-order valence-electron chi connectivity index (χ3n) is 4.06. The number of phenolic OH excluding ortho intramolecular Hbond substituents is 1. The maximum atomic E-state index is 10.2. The predicted molar refractivity (Wildman–Crippen MR) is 102 cm³/mol. The molecule has 0 aliphatic rings. The number of hydrogen-bond donors (Lipinski definition) is 3. The second-order valence-corrected chi connectivity index (χ2v) is 5.89. The van der Waals surface area contributed by atoms with Gasteiger partial charge < -0.3 is 20.5 Å². The highest BCUT2D eigenvalue weighted by Crippen LogP contribution is 2.29. The van der Waals surface area contributed by atoms with E-state index in [2.05, 4.69) is 41.6 Å². The molecule has 1 unspecified atom stereocenters. The minimum absolute atomic E-state index is 0.123. The van der Waals surface area contributed by atoms with Crippen LogP contribution in [0, 0.1) is 6.92 Å². The van der Waals surface area contributed by atoms with Crippen molar-refractivity contribution < 1.29 is 9.84 Å². The second-order valence-electron chi connectivity index (χ2n) is 5.89. The Kier molecular flexibility index (Phi) is 6.69. The minimum Gasteiger partial charge on any atom is -0.504 e. The number of rotatable bonds is 6. The lowest BCUT2D eigenvalue weighted by molar-refractivity contribution is 0.370. The molecule has 0 bridgehead atoms. The number of nitrogens with one attached hydrogen (secondary N) is 2. The average molecular weight is 341 g/mol. The van der Waals surface area contributed by atoms with E-state index in [9.17, 15) is 5.11 Å². The van der Waals surface area contributed by atoms with Crippen molar-refractivity contribution in [2.45, 2.75) is 33.4 Å². The fourth-order valence-corrected chi connectivity index (χ4v) is 2.70. The highest BCUT2D eigenvalue weighted by atomic mass is 16.5. The van der Waals surface area contributed by atoms with Crippen molar-refractivity contribution in [3.63, 3.8) is 0 Å². The third kappa shape index (κ3) is 4.89. The quantitative estimate of drug-likeness (QED) is 0.555. The maximum absolute atomic E-state index is 10.2. The third-order valence-corrected chi connectivity index (χ3v) is 4.06. The number of phenols is 1. The van der Waals surface area contributed by atoms with Gasteiger partial charge in [0.25, 0.3) is 0 Å². The van der Waals surface area contributed by atoms with Crippen LogP contribution in [-0.2, 0) is 6.54 Å². The molecule has 0 heterocycles. The topological polar surface area (TPSA) is 65.9 Å². The van der Waals surface area contributed by atoms with E-state index in [1.54, 1.807) is 6.07 Å². The van der Waals surface area contributed by atoms with E-state index in [1.807, 2.05) is 31.2 Å². The van der Waals surface area contributed by atoms with Gasteiger partial charge in [0.1, 0.15) is 0 Å². The van der Waals surface area contributed by atoms with Crippen molar-refractivity contribution >= 4 is 5.96 Å². The number of aromatic hydroxyl groups is 1. The van der Waals surface area contributed by atoms with Crippen molar-refractivity contribution in [2.24, 2.45) is 4.99 Å². The molecule has 0 fully saturated rings. The molecule has 0 saturated heterocycles. The molecular formula is C20H27N3O2. The zero-order valence-electron chi connectivity index (χ0n) is 15.3. The summed E-state index contributed by atoms with van der Waals surface area (Å²) in [4.78, 5) is 4.59. The normalized spacial score (nSPS) is 12.6. The first kappa shape index (κ1) is 18.6. The van der Waals surface area contributed by atoms with Gasteiger partial charge in [-0.25, -0.2) is 4.99 Å². The molecule has 25 heavy (non-hydrogen) atoms. The molecule has 3 N–H and O–H groups in total. The Morgan fingerprint density at radius 2 is 1.96 bits per heavy atom. The smallest absolute Gasteiger partial charge is 0.192 e. The van der Waals surface area contributed by atoms with Crippen LogP contribution in [0.4, 0.5) is 0 Å². The summed E-state index contributed by atoms with van der Waals surface area (Å²) >= 11 is 0. The molecule has 5 nitrogen and oxygen atoms in total. The summed E-state index contributed by atoms with van der Waals surface area (Å²) < 4.78 is 5.15. The molecule has 1 atom stereocenters. The number of para-hydroxylation sites is 1. The molecule has 0 aliphatic carbocycles. The van der Waals surface area contributed by atoms with Gasteiger partial charge in [0, 0.05) is 12.1 Å². The van der Waals surface area contributed by atoms with Crippen LogP contribution < -0.4 is 15.4 Å². The van der Waals surface area contributed by atoms with Crippen LogP contribution in [0.3, 0.4) is 0 Å². The lowest BCUT2D eigenvalue weighted by atomic mass is 10.0. The number of aliphatic imine (C=N–C) groups is 1. The molecule has 2 rings (SSSR count). The highest BCUT2D eigenvalue weighted by Gasteiger charge is 2.11. The molecular weight excluding hydrogens is 314 g/mol. The predicted octanol–water partition coefficient (Wildman–Crippen LogP) is 3.53. The minimum atomic E-state index is 0.123. The van der Waals surface area contributed by atoms with Crippen LogP contribution >= 0.6 is 0 Å². The van der Waals surface area contributed by atoms with Gasteiger partial charge in [0.15, 0.2) is 17.5 Å². The SMILES string of the molecule is CCNC(=NCc1cccc(OC)c1O)NC(C)c1ccccc1C. The monoisotopic (exact) mass is 341 g/mol. The van der Waals surface area contributed by atoms with E-state index < -0.39 is 0 Å². The molecule has 0 amide bonds. The van der Waals surface area contributed by atoms with Crippen LogP contribution in [-0.4, -0.2) is 24.7 Å². The summed E-state index contributed by atoms with van der Waals surface area (Å²) in [5.74, 6) is 1.30. The van der Waals surface area contributed by atoms with Crippen molar-refractivity contribution in [2.75, 3.05) is 13.7 Å². The van der Waals surface area contributed by atoms with Gasteiger partial charge in [-0.3, -0.25) is 0 Å². The van der Waals surface area contributed by atoms with Crippen molar-refractivity contribution in [1.29, 1.82) is 0 Å². The molecule has 5 heteroatoms. The Morgan fingerprint density at radius 3 is 2.64 bits per heavy atom. The van der Waals surface area contributed by atoms with Gasteiger partial charge >= 0.3 is 0 Å². The summed E-state index contributed by atoms with van der Waals surface area (Å²) in [6.07, 6.45) is 0. The van der Waals surface area contributed by atoms with Gasteiger partial charge in [0.2, 0.25) is 0 Å². The average Bonchev–Trinajstić information content (AvgIpc) is 2.61. The van der Waals surface area contributed by atoms with Crippen LogP contribution in [0.2, 0.25) is 0 Å². The summed E-state index contributed by atoms with van der Waals surface area (Å²) in [6.45, 7) is 7.36. The Balaban J connectivity index is 2.15. The first-order valence-electron chi connectivity index (χ1n) is 8.52. The number of aryl methyl sites for hydroxylation is 1. The number of hydrogen-bond acceptors (Lipinski definition) is 3. The fourth-order valence-electron chi connectivity index (χ4n) is 2.70. The van der Waals surface area contributed by atoms with Gasteiger partial charge in [-0.15, -0.1) is 0 Å². The van der Waals surface area contributed by atoms with Gasteiger partial charge in [0.05, 0.1) is 19.7 Å². The Morgan fingerprint density at radius 1 is 1.20 bits per heavy atom. The summed E-state index contributed by atoms with van der Waals surface area (Å²) in [5.41, 5.74) is 3.20. The van der Waals surface area contributed by atoms with Gasteiger partial charge in [-0.1, -0.05) is 36.4 Å². The Bertz CT molecular complexity index is 729. The number of methoxy groups -OCH3 is 1. The molecule has 2 aromatic rings. The number of guanidine groups is 1. The summed E-state index contributed by atoms with van der Waals surface area (Å²) in [7, 11) is 1.54. The van der Waals surface area contributed by atoms with E-state index in [0.29, 0.717) is 18.3 Å². The number of benzene rings is 2. The number of ether oxygens (including phenoxy) is 1. The largest absolute Gasteiger partial charge is 0.504 e. The fraction of sp³-hybridized carbons (Fsp3) is 0.350. The summed E-state index contributed by atoms with van der Waals surface area (Å²) in [6, 6.07) is 13.8. The van der Waals surface area contributed by atoms with Crippen molar-refractivity contribution in [1.82, 2.24) is 10.6 Å². The molecule has 0 aromatic heterocycles. The highest BCUT2D eigenvalue weighted by molar-refractivity contribution is 5.80. The van der Waals surface area contributed by atoms with Gasteiger partial charge in [-0.05, 0) is 38.0 Å². The van der Waals surface area contributed by atoms with Crippen LogP contribution in [0.25, 0.3) is 0 Å². The molecule has 0 spiro atoms. The van der Waals surface area contributed by atoms with Crippen LogP contribution in [0.5, 0.6) is 11.5 Å². The Labute approximate surface area is 149 Å². The van der Waals surface area contributed by atoms with E-state index in [4.69, 9.17) is 4.74 Å². The first-order chi connectivity index (χ1) is 12.1. The second kappa shape index (κ2) is 8.97. The molecule has 0 saturated carbocycles. The van der Waals surface area contributed by atoms with Crippen molar-refractivity contribution in [3.8, 4) is 11.5 Å². The lowest BCUT2D eigenvalue weighted by Gasteiger charge is -2.20. The standard InChI is InChI=1S/C20H27N3O2/c1-5-21-20(23-15(3)17-11-7-6-9-14(17)2)22-13-16-10-8-12-18(25-4)19(16)24/h6-12,15,24H,5,13H2,1-4H3,(H2,21,22,23). The van der Waals surface area contributed by atoms with Crippen LogP contribution in [0.1, 0.15) is 36.6 Å². The molecule has 0 radical (unpaired) electrons. The molecule has 2 aromatic carbocycles. The van der Waals surface area contributed by atoms with E-state index >= 15 is 0 Å². The molecule has 0 aliphatic heterocycles. The van der Waals surface area contributed by atoms with E-state index in [-0.39, 0.29) is 11.8 Å². The Hall–Kier alpha value is -2.69.